The van der Waals surface area contributed by atoms with Gasteiger partial charge in [0.2, 0.25) is 11.8 Å². The van der Waals surface area contributed by atoms with Crippen LogP contribution in [0.25, 0.3) is 0 Å². The van der Waals surface area contributed by atoms with Crippen molar-refractivity contribution in [1.29, 1.82) is 0 Å². The van der Waals surface area contributed by atoms with Crippen molar-refractivity contribution in [2.45, 2.75) is 31.1 Å². The van der Waals surface area contributed by atoms with Crippen LogP contribution in [0.2, 0.25) is 5.02 Å². The quantitative estimate of drug-likeness (QED) is 0.693. The lowest BCUT2D eigenvalue weighted by molar-refractivity contribution is -0.130. The minimum atomic E-state index is -0.479. The number of amides is 2. The van der Waals surface area contributed by atoms with Gasteiger partial charge in [-0.15, -0.1) is 0 Å². The van der Waals surface area contributed by atoms with Crippen LogP contribution in [0.15, 0.2) is 53.0 Å². The van der Waals surface area contributed by atoms with Crippen LogP contribution in [0.4, 0.5) is 5.69 Å². The third-order valence-corrected chi connectivity index (χ3v) is 5.58. The summed E-state index contributed by atoms with van der Waals surface area (Å²) in [5.74, 6) is -0.135. The summed E-state index contributed by atoms with van der Waals surface area (Å²) in [5.41, 5.74) is 1.25. The van der Waals surface area contributed by atoms with Crippen molar-refractivity contribution in [1.82, 2.24) is 5.32 Å². The van der Waals surface area contributed by atoms with Gasteiger partial charge in [0.05, 0.1) is 5.41 Å². The average molecular weight is 436 g/mol. The lowest BCUT2D eigenvalue weighted by Gasteiger charge is -2.40. The molecule has 1 aliphatic rings. The van der Waals surface area contributed by atoms with E-state index in [-0.39, 0.29) is 18.2 Å². The summed E-state index contributed by atoms with van der Waals surface area (Å²) in [6, 6.07) is 14.8. The Bertz CT molecular complexity index is 786. The minimum absolute atomic E-state index is 0.0116. The van der Waals surface area contributed by atoms with Crippen LogP contribution in [0.5, 0.6) is 0 Å². The summed E-state index contributed by atoms with van der Waals surface area (Å²) < 4.78 is 0.954. The summed E-state index contributed by atoms with van der Waals surface area (Å²) in [7, 11) is 0. The Kier molecular flexibility index (Phi) is 5.99. The Balaban J connectivity index is 1.52. The second-order valence-corrected chi connectivity index (χ2v) is 7.86. The first-order valence-corrected chi connectivity index (χ1v) is 9.76. The van der Waals surface area contributed by atoms with Crippen molar-refractivity contribution in [3.63, 3.8) is 0 Å². The van der Waals surface area contributed by atoms with E-state index in [2.05, 4.69) is 26.6 Å². The van der Waals surface area contributed by atoms with E-state index in [4.69, 9.17) is 11.6 Å². The molecule has 136 valence electrons. The van der Waals surface area contributed by atoms with Gasteiger partial charge in [-0.2, -0.15) is 0 Å². The molecule has 6 heteroatoms. The minimum Gasteiger partial charge on any atom is -0.355 e. The molecule has 2 aromatic carbocycles. The maximum atomic E-state index is 12.7. The molecular formula is C20H20BrClN2O2. The van der Waals surface area contributed by atoms with Gasteiger partial charge in [0, 0.05) is 28.1 Å². The Morgan fingerprint density at radius 2 is 1.69 bits per heavy atom. The number of hydrogen-bond donors (Lipinski definition) is 2. The topological polar surface area (TPSA) is 58.2 Å². The van der Waals surface area contributed by atoms with Gasteiger partial charge < -0.3 is 10.6 Å². The molecule has 1 aliphatic carbocycles. The molecule has 0 spiro atoms. The second-order valence-electron chi connectivity index (χ2n) is 6.50. The van der Waals surface area contributed by atoms with E-state index in [0.29, 0.717) is 11.6 Å². The van der Waals surface area contributed by atoms with Crippen LogP contribution < -0.4 is 10.6 Å². The van der Waals surface area contributed by atoms with E-state index in [0.717, 1.165) is 35.0 Å². The van der Waals surface area contributed by atoms with Crippen LogP contribution in [-0.4, -0.2) is 18.4 Å². The number of benzene rings is 2. The van der Waals surface area contributed by atoms with Gasteiger partial charge in [-0.3, -0.25) is 9.59 Å². The highest BCUT2D eigenvalue weighted by molar-refractivity contribution is 9.10. The van der Waals surface area contributed by atoms with Gasteiger partial charge in [-0.05, 0) is 54.8 Å². The summed E-state index contributed by atoms with van der Waals surface area (Å²) in [5, 5.41) is 6.41. The summed E-state index contributed by atoms with van der Waals surface area (Å²) in [6.07, 6.45) is 2.91. The molecule has 0 saturated heterocycles. The SMILES string of the molecule is O=C(CCNC(=O)C1(c2ccc(Cl)cc2)CCC1)Nc1ccc(Br)cc1. The van der Waals surface area contributed by atoms with Crippen LogP contribution >= 0.6 is 27.5 Å². The van der Waals surface area contributed by atoms with Crippen LogP contribution in [-0.2, 0) is 15.0 Å². The van der Waals surface area contributed by atoms with Gasteiger partial charge in [0.25, 0.3) is 0 Å². The number of rotatable bonds is 6. The predicted octanol–water partition coefficient (Wildman–Crippen LogP) is 4.67. The van der Waals surface area contributed by atoms with Crippen molar-refractivity contribution < 1.29 is 9.59 Å². The molecule has 0 aliphatic heterocycles. The largest absolute Gasteiger partial charge is 0.355 e. The molecule has 3 rings (SSSR count). The number of carbonyl (C=O) groups excluding carboxylic acids is 2. The van der Waals surface area contributed by atoms with E-state index in [1.807, 2.05) is 48.5 Å². The van der Waals surface area contributed by atoms with Gasteiger partial charge in [0.15, 0.2) is 0 Å². The first-order chi connectivity index (χ1) is 12.5. The number of anilines is 1. The molecule has 0 radical (unpaired) electrons. The van der Waals surface area contributed by atoms with Crippen molar-refractivity contribution in [2.75, 3.05) is 11.9 Å². The number of hydrogen-bond acceptors (Lipinski definition) is 2. The van der Waals surface area contributed by atoms with E-state index >= 15 is 0 Å². The monoisotopic (exact) mass is 434 g/mol. The standard InChI is InChI=1S/C20H20BrClN2O2/c21-15-4-8-17(9-5-15)24-18(25)10-13-23-19(26)20(11-1-12-20)14-2-6-16(22)7-3-14/h2-9H,1,10-13H2,(H,23,26)(H,24,25). The molecule has 0 aromatic heterocycles. The fourth-order valence-corrected chi connectivity index (χ4v) is 3.55. The molecule has 2 N–H and O–H groups in total. The van der Waals surface area contributed by atoms with E-state index < -0.39 is 5.41 Å². The zero-order valence-electron chi connectivity index (χ0n) is 14.2. The molecule has 0 unspecified atom stereocenters. The molecule has 1 fully saturated rings. The number of carbonyl (C=O) groups is 2. The Labute approximate surface area is 166 Å². The summed E-state index contributed by atoms with van der Waals surface area (Å²) in [6.45, 7) is 0.316. The van der Waals surface area contributed by atoms with Gasteiger partial charge in [-0.1, -0.05) is 46.1 Å². The number of nitrogens with one attached hydrogen (secondary N) is 2. The lowest BCUT2D eigenvalue weighted by Crippen LogP contribution is -2.49. The smallest absolute Gasteiger partial charge is 0.230 e. The maximum Gasteiger partial charge on any atom is 0.230 e. The lowest BCUT2D eigenvalue weighted by atomic mass is 9.64. The van der Waals surface area contributed by atoms with Gasteiger partial charge in [0.1, 0.15) is 0 Å². The molecule has 1 saturated carbocycles. The molecule has 0 bridgehead atoms. The highest BCUT2D eigenvalue weighted by atomic mass is 79.9. The Morgan fingerprint density at radius 3 is 2.27 bits per heavy atom. The van der Waals surface area contributed by atoms with Crippen molar-refractivity contribution >= 4 is 45.0 Å². The molecule has 2 aromatic rings. The second kappa shape index (κ2) is 8.23. The predicted molar refractivity (Wildman–Crippen MR) is 107 cm³/mol. The first kappa shape index (κ1) is 18.9. The van der Waals surface area contributed by atoms with E-state index in [9.17, 15) is 9.59 Å². The van der Waals surface area contributed by atoms with Crippen molar-refractivity contribution in [3.8, 4) is 0 Å². The highest BCUT2D eigenvalue weighted by Gasteiger charge is 2.45. The summed E-state index contributed by atoms with van der Waals surface area (Å²) >= 11 is 9.30. The molecule has 4 nitrogen and oxygen atoms in total. The normalized spacial score (nSPS) is 15.0. The van der Waals surface area contributed by atoms with E-state index in [1.165, 1.54) is 0 Å². The van der Waals surface area contributed by atoms with E-state index in [1.54, 1.807) is 0 Å². The third kappa shape index (κ3) is 4.27. The van der Waals surface area contributed by atoms with Crippen LogP contribution in [0.3, 0.4) is 0 Å². The van der Waals surface area contributed by atoms with Crippen LogP contribution in [0, 0.1) is 0 Å². The fourth-order valence-electron chi connectivity index (χ4n) is 3.16. The Hall–Kier alpha value is -1.85. The highest BCUT2D eigenvalue weighted by Crippen LogP contribution is 2.44. The van der Waals surface area contributed by atoms with Gasteiger partial charge in [-0.25, -0.2) is 0 Å². The maximum absolute atomic E-state index is 12.7. The molecule has 2 amide bonds. The zero-order chi connectivity index (χ0) is 18.6. The third-order valence-electron chi connectivity index (χ3n) is 4.80. The fraction of sp³-hybridized carbons (Fsp3) is 0.300. The summed E-state index contributed by atoms with van der Waals surface area (Å²) in [4.78, 5) is 24.8. The average Bonchev–Trinajstić information content (AvgIpc) is 2.58. The van der Waals surface area contributed by atoms with Gasteiger partial charge >= 0.3 is 0 Å². The molecule has 0 heterocycles. The molecule has 26 heavy (non-hydrogen) atoms. The van der Waals surface area contributed by atoms with Crippen molar-refractivity contribution in [3.05, 3.63) is 63.6 Å². The molecular weight excluding hydrogens is 416 g/mol. The van der Waals surface area contributed by atoms with Crippen LogP contribution in [0.1, 0.15) is 31.2 Å². The Morgan fingerprint density at radius 1 is 1.04 bits per heavy atom. The van der Waals surface area contributed by atoms with Crippen molar-refractivity contribution in [2.24, 2.45) is 0 Å². The molecule has 0 atom stereocenters. The zero-order valence-corrected chi connectivity index (χ0v) is 16.6. The number of halogens is 2. The first-order valence-electron chi connectivity index (χ1n) is 8.59.